The molecule has 0 aliphatic heterocycles. The van der Waals surface area contributed by atoms with Crippen LogP contribution in [0.2, 0.25) is 16.6 Å². The predicted molar refractivity (Wildman–Crippen MR) is 101 cm³/mol. The third-order valence-corrected chi connectivity index (χ3v) is 21.1. The van der Waals surface area contributed by atoms with Gasteiger partial charge in [-0.15, -0.1) is 5.50 Å². The van der Waals surface area contributed by atoms with Crippen LogP contribution in [-0.2, 0) is 0 Å². The summed E-state index contributed by atoms with van der Waals surface area (Å²) in [5.74, 6) is 3.17. The van der Waals surface area contributed by atoms with Gasteiger partial charge in [-0.1, -0.05) is 48.1 Å². The largest absolute Gasteiger partial charge is 0.140 e. The zero-order valence-electron chi connectivity index (χ0n) is 16.0. The third-order valence-electron chi connectivity index (χ3n) is 7.62. The maximum atomic E-state index is 4.27. The molecule has 0 radical (unpaired) electrons. The van der Waals surface area contributed by atoms with Gasteiger partial charge < -0.3 is 0 Å². The first-order chi connectivity index (χ1) is 9.94. The summed E-state index contributed by atoms with van der Waals surface area (Å²) in [5.41, 5.74) is 4.81. The van der Waals surface area contributed by atoms with Gasteiger partial charge in [0.25, 0.3) is 0 Å². The summed E-state index contributed by atoms with van der Waals surface area (Å²) < 4.78 is 0. The molecule has 0 saturated heterocycles. The van der Waals surface area contributed by atoms with E-state index in [2.05, 4.69) is 53.6 Å². The van der Waals surface area contributed by atoms with Crippen molar-refractivity contribution in [1.29, 1.82) is 0 Å². The van der Waals surface area contributed by atoms with Crippen molar-refractivity contribution < 1.29 is 0 Å². The Bertz CT molecular complexity index is 457. The molecule has 4 aliphatic rings. The summed E-state index contributed by atoms with van der Waals surface area (Å²) in [6.07, 6.45) is 9.13. The van der Waals surface area contributed by atoms with Crippen molar-refractivity contribution in [1.82, 2.24) is 0 Å². The van der Waals surface area contributed by atoms with E-state index in [1.165, 1.54) is 19.3 Å². The lowest BCUT2D eigenvalue weighted by Gasteiger charge is -2.55. The molecule has 124 valence electrons. The molecule has 22 heavy (non-hydrogen) atoms. The Hall–Kier alpha value is 0.214. The molecular formula is C20H36Si2. The molecule has 0 unspecified atom stereocenters. The molecular weight excluding hydrogens is 296 g/mol. The Kier molecular flexibility index (Phi) is 3.95. The molecule has 0 nitrogen and oxygen atoms in total. The second-order valence-corrected chi connectivity index (χ2v) is 20.6. The highest BCUT2D eigenvalue weighted by Crippen LogP contribution is 2.60. The van der Waals surface area contributed by atoms with Crippen LogP contribution < -0.4 is 0 Å². The minimum atomic E-state index is -1.39. The fourth-order valence-corrected chi connectivity index (χ4v) is 13.6. The minimum Gasteiger partial charge on any atom is -0.140 e. The average Bonchev–Trinajstić information content (AvgIpc) is 2.31. The van der Waals surface area contributed by atoms with Gasteiger partial charge in [0, 0.05) is 5.41 Å². The van der Waals surface area contributed by atoms with Gasteiger partial charge in [0.2, 0.25) is 0 Å². The summed E-state index contributed by atoms with van der Waals surface area (Å²) >= 11 is 0. The number of hydrogen-bond acceptors (Lipinski definition) is 0. The fourth-order valence-electron chi connectivity index (χ4n) is 6.02. The normalized spacial score (nSPS) is 37.9. The van der Waals surface area contributed by atoms with E-state index in [1.807, 2.05) is 0 Å². The summed E-state index contributed by atoms with van der Waals surface area (Å²) in [4.78, 5) is 0. The highest BCUT2D eigenvalue weighted by molar-refractivity contribution is 7.23. The van der Waals surface area contributed by atoms with E-state index in [1.54, 1.807) is 19.3 Å². The molecule has 4 saturated carbocycles. The first-order valence-corrected chi connectivity index (χ1v) is 14.0. The topological polar surface area (TPSA) is 0 Å². The molecule has 0 N–H and O–H groups in total. The predicted octanol–water partition coefficient (Wildman–Crippen LogP) is 6.04. The van der Waals surface area contributed by atoms with Crippen LogP contribution in [0, 0.1) is 28.7 Å². The maximum Gasteiger partial charge on any atom is 0.114 e. The van der Waals surface area contributed by atoms with E-state index in [9.17, 15) is 0 Å². The van der Waals surface area contributed by atoms with E-state index in [0.29, 0.717) is 15.5 Å². The molecule has 0 spiro atoms. The zero-order valence-corrected chi connectivity index (χ0v) is 18.0. The highest BCUT2D eigenvalue weighted by atomic mass is 29.2. The lowest BCUT2D eigenvalue weighted by molar-refractivity contribution is -0.0177. The van der Waals surface area contributed by atoms with Gasteiger partial charge in [0.1, 0.15) is 7.59 Å². The van der Waals surface area contributed by atoms with Crippen LogP contribution in [0.1, 0.15) is 80.1 Å². The van der Waals surface area contributed by atoms with Crippen molar-refractivity contribution in [3.63, 3.8) is 0 Å². The summed E-state index contributed by atoms with van der Waals surface area (Å²) in [6.45, 7) is 17.7. The van der Waals surface area contributed by atoms with Crippen molar-refractivity contribution in [2.75, 3.05) is 0 Å². The Morgan fingerprint density at radius 1 is 0.818 bits per heavy atom. The maximum absolute atomic E-state index is 4.27. The average molecular weight is 333 g/mol. The van der Waals surface area contributed by atoms with Crippen LogP contribution in [-0.4, -0.2) is 16.1 Å². The Labute approximate surface area is 141 Å². The molecule has 0 aromatic rings. The molecule has 0 heterocycles. The van der Waals surface area contributed by atoms with E-state index in [0.717, 1.165) is 26.2 Å². The lowest BCUT2D eigenvalue weighted by atomic mass is 9.50. The summed E-state index contributed by atoms with van der Waals surface area (Å²) in [6, 6.07) is 0. The quantitative estimate of drug-likeness (QED) is 0.474. The van der Waals surface area contributed by atoms with Crippen molar-refractivity contribution >= 4 is 16.1 Å². The molecule has 0 aromatic heterocycles. The molecule has 4 aliphatic carbocycles. The van der Waals surface area contributed by atoms with Gasteiger partial charge >= 0.3 is 0 Å². The molecule has 2 heteroatoms. The first-order valence-electron chi connectivity index (χ1n) is 9.48. The summed E-state index contributed by atoms with van der Waals surface area (Å²) in [5, 5.41) is 0.942. The van der Waals surface area contributed by atoms with E-state index in [-0.39, 0.29) is 0 Å². The van der Waals surface area contributed by atoms with Gasteiger partial charge in [0.15, 0.2) is 0 Å². The Morgan fingerprint density at radius 3 is 1.50 bits per heavy atom. The van der Waals surface area contributed by atoms with E-state index < -0.39 is 7.59 Å². The van der Waals surface area contributed by atoms with Crippen molar-refractivity contribution in [3.8, 4) is 5.50 Å². The second-order valence-electron chi connectivity index (χ2n) is 11.1. The zero-order chi connectivity index (χ0) is 16.4. The molecule has 0 atom stereocenters. The van der Waals surface area contributed by atoms with Crippen LogP contribution in [0.3, 0.4) is 0 Å². The highest BCUT2D eigenvalue weighted by Gasteiger charge is 2.51. The third kappa shape index (κ3) is 2.74. The van der Waals surface area contributed by atoms with Crippen LogP contribution in [0.5, 0.6) is 0 Å². The van der Waals surface area contributed by atoms with Crippen LogP contribution in [0.4, 0.5) is 0 Å². The first kappa shape index (κ1) is 17.1. The Morgan fingerprint density at radius 2 is 1.18 bits per heavy atom. The van der Waals surface area contributed by atoms with Crippen LogP contribution >= 0.6 is 0 Å². The molecule has 4 bridgehead atoms. The van der Waals surface area contributed by atoms with E-state index >= 15 is 0 Å². The van der Waals surface area contributed by atoms with Gasteiger partial charge in [-0.05, 0) is 74.8 Å². The summed E-state index contributed by atoms with van der Waals surface area (Å²) in [7, 11) is -0.378. The molecule has 0 amide bonds. The molecule has 0 aromatic carbocycles. The fraction of sp³-hybridized carbons (Fsp3) is 0.950. The monoisotopic (exact) mass is 332 g/mol. The smallest absolute Gasteiger partial charge is 0.114 e. The standard InChI is InChI=1S/C20H36Si2/c1-18(2,3)22(7,19(4,5)6)21-14-20-11-15-8-16(12-20)10-17(9-15)13-20/h15-17H,8-13H2,1-7H3. The lowest BCUT2D eigenvalue weighted by Crippen LogP contribution is -2.52. The number of rotatable bonds is 0. The van der Waals surface area contributed by atoms with Crippen molar-refractivity contribution in [2.45, 2.75) is 96.7 Å². The Balaban J connectivity index is 1.94. The van der Waals surface area contributed by atoms with Crippen molar-refractivity contribution in [3.05, 3.63) is 0 Å². The van der Waals surface area contributed by atoms with Gasteiger partial charge in [-0.2, -0.15) is 0 Å². The SMILES string of the molecule is CC(C)(C)[Si](C)([Si]#CC12CC3CC(CC(C3)C1)C2)C(C)(C)C. The van der Waals surface area contributed by atoms with Gasteiger partial charge in [0.05, 0.1) is 0 Å². The number of hydrogen-bond donors (Lipinski definition) is 0. The molecule has 4 rings (SSSR count). The molecule has 4 fully saturated rings. The van der Waals surface area contributed by atoms with Crippen LogP contribution in [0.15, 0.2) is 0 Å². The van der Waals surface area contributed by atoms with Gasteiger partial charge in [-0.3, -0.25) is 0 Å². The van der Waals surface area contributed by atoms with E-state index in [4.69, 9.17) is 0 Å². The second kappa shape index (κ2) is 5.10. The van der Waals surface area contributed by atoms with Crippen LogP contribution in [0.25, 0.3) is 0 Å². The minimum absolute atomic E-state index is 0.471. The van der Waals surface area contributed by atoms with Crippen molar-refractivity contribution in [2.24, 2.45) is 23.2 Å². The van der Waals surface area contributed by atoms with Gasteiger partial charge in [-0.25, -0.2) is 0 Å².